The van der Waals surface area contributed by atoms with Gasteiger partial charge in [0.2, 0.25) is 0 Å². The molecule has 1 aliphatic rings. The zero-order chi connectivity index (χ0) is 18.3. The number of ketones is 1. The molecule has 26 heavy (non-hydrogen) atoms. The van der Waals surface area contributed by atoms with E-state index in [1.54, 1.807) is 31.4 Å². The molecular formula is C21H16O4S. The minimum Gasteiger partial charge on any atom is -0.497 e. The number of sulfone groups is 1. The van der Waals surface area contributed by atoms with Gasteiger partial charge in [0.1, 0.15) is 5.75 Å². The first-order valence-electron chi connectivity index (χ1n) is 8.13. The van der Waals surface area contributed by atoms with E-state index in [1.807, 2.05) is 36.4 Å². The van der Waals surface area contributed by atoms with Gasteiger partial charge < -0.3 is 4.74 Å². The Morgan fingerprint density at radius 3 is 2.50 bits per heavy atom. The molecule has 0 unspecified atom stereocenters. The molecule has 3 aromatic carbocycles. The van der Waals surface area contributed by atoms with Crippen LogP contribution in [0, 0.1) is 0 Å². The molecule has 3 aromatic rings. The fraction of sp³-hybridized carbons (Fsp3) is 0.0952. The Hall–Kier alpha value is -2.92. The third-order valence-corrected chi connectivity index (χ3v) is 6.23. The average Bonchev–Trinajstić information content (AvgIpc) is 2.65. The number of ether oxygens (including phenoxy) is 1. The number of fused-ring (bicyclic) bond motifs is 2. The summed E-state index contributed by atoms with van der Waals surface area (Å²) in [6, 6.07) is 17.8. The smallest absolute Gasteiger partial charge is 0.191 e. The van der Waals surface area contributed by atoms with Crippen LogP contribution >= 0.6 is 0 Å². The zero-order valence-electron chi connectivity index (χ0n) is 14.1. The highest BCUT2D eigenvalue weighted by Crippen LogP contribution is 2.29. The van der Waals surface area contributed by atoms with Crippen molar-refractivity contribution in [1.82, 2.24) is 0 Å². The predicted octanol–water partition coefficient (Wildman–Crippen LogP) is 3.90. The van der Waals surface area contributed by atoms with Crippen molar-refractivity contribution < 1.29 is 17.9 Å². The second kappa shape index (κ2) is 6.11. The van der Waals surface area contributed by atoms with Crippen LogP contribution in [0.4, 0.5) is 0 Å². The molecule has 130 valence electrons. The van der Waals surface area contributed by atoms with Crippen LogP contribution in [0.15, 0.2) is 71.1 Å². The Morgan fingerprint density at radius 2 is 1.69 bits per heavy atom. The van der Waals surface area contributed by atoms with Crippen molar-refractivity contribution in [3.8, 4) is 5.75 Å². The molecule has 1 heterocycles. The standard InChI is InChI=1S/C21H16O4S/c1-25-18-9-8-15-10-14(6-7-16(15)12-18)11-17-13-26(23,24)20-5-3-2-4-19(20)21(17)22/h2-12H,13H2,1H3/b17-11+. The SMILES string of the molecule is COc1ccc2cc(/C=C3\CS(=O)(=O)c4ccccc4C3=O)ccc2c1. The molecule has 4 rings (SSSR count). The fourth-order valence-corrected chi connectivity index (χ4v) is 4.77. The lowest BCUT2D eigenvalue weighted by molar-refractivity contribution is 0.103. The molecule has 0 amide bonds. The van der Waals surface area contributed by atoms with Gasteiger partial charge in [-0.15, -0.1) is 0 Å². The second-order valence-corrected chi connectivity index (χ2v) is 8.18. The Bertz CT molecular complexity index is 1170. The van der Waals surface area contributed by atoms with Gasteiger partial charge in [-0.25, -0.2) is 8.42 Å². The zero-order valence-corrected chi connectivity index (χ0v) is 14.9. The maximum Gasteiger partial charge on any atom is 0.191 e. The molecule has 5 heteroatoms. The van der Waals surface area contributed by atoms with Crippen molar-refractivity contribution in [1.29, 1.82) is 0 Å². The lowest BCUT2D eigenvalue weighted by Gasteiger charge is -2.17. The molecule has 0 aliphatic carbocycles. The van der Waals surface area contributed by atoms with Crippen LogP contribution in [0.3, 0.4) is 0 Å². The van der Waals surface area contributed by atoms with Gasteiger partial charge in [0.05, 0.1) is 17.8 Å². The highest BCUT2D eigenvalue weighted by molar-refractivity contribution is 7.91. The Balaban J connectivity index is 1.79. The van der Waals surface area contributed by atoms with Gasteiger partial charge in [0.15, 0.2) is 15.6 Å². The van der Waals surface area contributed by atoms with E-state index in [9.17, 15) is 13.2 Å². The summed E-state index contributed by atoms with van der Waals surface area (Å²) in [4.78, 5) is 12.8. The van der Waals surface area contributed by atoms with E-state index in [0.29, 0.717) is 0 Å². The first kappa shape index (κ1) is 16.5. The number of methoxy groups -OCH3 is 1. The molecule has 0 atom stereocenters. The van der Waals surface area contributed by atoms with E-state index >= 15 is 0 Å². The Kier molecular flexibility index (Phi) is 3.89. The van der Waals surface area contributed by atoms with Crippen molar-refractivity contribution in [2.75, 3.05) is 12.9 Å². The van der Waals surface area contributed by atoms with E-state index in [0.717, 1.165) is 22.1 Å². The molecule has 0 aromatic heterocycles. The normalized spacial score (nSPS) is 17.3. The average molecular weight is 364 g/mol. The number of benzene rings is 3. The van der Waals surface area contributed by atoms with Crippen molar-refractivity contribution in [3.05, 3.63) is 77.4 Å². The third kappa shape index (κ3) is 2.80. The number of rotatable bonds is 2. The molecule has 0 spiro atoms. The first-order chi connectivity index (χ1) is 12.5. The van der Waals surface area contributed by atoms with E-state index in [-0.39, 0.29) is 27.6 Å². The predicted molar refractivity (Wildman–Crippen MR) is 101 cm³/mol. The number of carbonyl (C=O) groups is 1. The Morgan fingerprint density at radius 1 is 0.962 bits per heavy atom. The highest BCUT2D eigenvalue weighted by Gasteiger charge is 2.32. The van der Waals surface area contributed by atoms with Gasteiger partial charge in [-0.05, 0) is 52.7 Å². The fourth-order valence-electron chi connectivity index (χ4n) is 3.21. The van der Waals surface area contributed by atoms with Crippen LogP contribution in [0.1, 0.15) is 15.9 Å². The van der Waals surface area contributed by atoms with Crippen LogP contribution < -0.4 is 4.74 Å². The summed E-state index contributed by atoms with van der Waals surface area (Å²) < 4.78 is 30.2. The molecule has 4 nitrogen and oxygen atoms in total. The van der Waals surface area contributed by atoms with Crippen LogP contribution in [-0.4, -0.2) is 27.1 Å². The minimum atomic E-state index is -3.50. The molecule has 0 bridgehead atoms. The van der Waals surface area contributed by atoms with Gasteiger partial charge in [-0.3, -0.25) is 4.79 Å². The van der Waals surface area contributed by atoms with Crippen molar-refractivity contribution >= 4 is 32.5 Å². The summed E-state index contributed by atoms with van der Waals surface area (Å²) in [7, 11) is -1.88. The molecule has 0 N–H and O–H groups in total. The third-order valence-electron chi connectivity index (χ3n) is 4.52. The Labute approximate surface area is 151 Å². The highest BCUT2D eigenvalue weighted by atomic mass is 32.2. The summed E-state index contributed by atoms with van der Waals surface area (Å²) >= 11 is 0. The van der Waals surface area contributed by atoms with Crippen LogP contribution in [-0.2, 0) is 9.84 Å². The number of hydrogen-bond acceptors (Lipinski definition) is 4. The van der Waals surface area contributed by atoms with E-state index in [4.69, 9.17) is 4.74 Å². The maximum atomic E-state index is 12.7. The molecule has 0 saturated carbocycles. The van der Waals surface area contributed by atoms with Gasteiger partial charge >= 0.3 is 0 Å². The van der Waals surface area contributed by atoms with Crippen molar-refractivity contribution in [2.45, 2.75) is 4.90 Å². The summed E-state index contributed by atoms with van der Waals surface area (Å²) in [5.74, 6) is 0.266. The topological polar surface area (TPSA) is 60.4 Å². The molecule has 0 saturated heterocycles. The van der Waals surface area contributed by atoms with Gasteiger partial charge in [-0.1, -0.05) is 30.3 Å². The van der Waals surface area contributed by atoms with E-state index < -0.39 is 9.84 Å². The van der Waals surface area contributed by atoms with Crippen LogP contribution in [0.25, 0.3) is 16.8 Å². The summed E-state index contributed by atoms with van der Waals surface area (Å²) in [6.45, 7) is 0. The van der Waals surface area contributed by atoms with Crippen LogP contribution in [0.2, 0.25) is 0 Å². The van der Waals surface area contributed by atoms with E-state index in [1.165, 1.54) is 6.07 Å². The maximum absolute atomic E-state index is 12.7. The van der Waals surface area contributed by atoms with Crippen molar-refractivity contribution in [2.24, 2.45) is 0 Å². The van der Waals surface area contributed by atoms with Gasteiger partial charge in [-0.2, -0.15) is 0 Å². The largest absolute Gasteiger partial charge is 0.497 e. The molecule has 0 radical (unpaired) electrons. The molecular weight excluding hydrogens is 348 g/mol. The first-order valence-corrected chi connectivity index (χ1v) is 9.78. The minimum absolute atomic E-state index is 0.118. The number of hydrogen-bond donors (Lipinski definition) is 0. The van der Waals surface area contributed by atoms with Crippen molar-refractivity contribution in [3.63, 3.8) is 0 Å². The number of carbonyl (C=O) groups excluding carboxylic acids is 1. The lowest BCUT2D eigenvalue weighted by atomic mass is 10.00. The molecule has 1 aliphatic heterocycles. The number of Topliss-reactive ketones (excluding diaryl/α,β-unsaturated/α-hetero) is 1. The second-order valence-electron chi connectivity index (χ2n) is 6.23. The van der Waals surface area contributed by atoms with Gasteiger partial charge in [0, 0.05) is 11.1 Å². The monoisotopic (exact) mass is 364 g/mol. The quantitative estimate of drug-likeness (QED) is 0.647. The summed E-state index contributed by atoms with van der Waals surface area (Å²) in [5.41, 5.74) is 1.33. The summed E-state index contributed by atoms with van der Waals surface area (Å²) in [5, 5.41) is 2.01. The molecule has 0 fully saturated rings. The summed E-state index contributed by atoms with van der Waals surface area (Å²) in [6.07, 6.45) is 1.67. The van der Waals surface area contributed by atoms with Gasteiger partial charge in [0.25, 0.3) is 0 Å². The van der Waals surface area contributed by atoms with E-state index in [2.05, 4.69) is 0 Å². The van der Waals surface area contributed by atoms with Crippen LogP contribution in [0.5, 0.6) is 5.75 Å². The lowest BCUT2D eigenvalue weighted by Crippen LogP contribution is -2.24.